The van der Waals surface area contributed by atoms with Gasteiger partial charge in [0.25, 0.3) is 6.71 Å². The van der Waals surface area contributed by atoms with Crippen molar-refractivity contribution in [1.82, 2.24) is 0 Å². The minimum Gasteiger partial charge on any atom is -0.311 e. The van der Waals surface area contributed by atoms with Crippen molar-refractivity contribution < 1.29 is 0 Å². The van der Waals surface area contributed by atoms with E-state index < -0.39 is 0 Å². The van der Waals surface area contributed by atoms with Gasteiger partial charge < -0.3 is 14.7 Å². The molecule has 2 aliphatic rings. The van der Waals surface area contributed by atoms with Crippen molar-refractivity contribution in [3.05, 3.63) is 351 Å². The highest BCUT2D eigenvalue weighted by Gasteiger charge is 2.45. The molecule has 16 aromatic rings. The smallest absolute Gasteiger partial charge is 0.252 e. The SMILES string of the molecule is CC(C)(C)c1ccc2c(c1)B1c3ccc(N(c4ccccc4)c4cccc(-c5ccccc5)c4)cc3N(c3ccc(-c4ccccc4)cc3)c3cc(-c4c(-c5ccccc5)cccc4-c4ccccc4)cc(c31)N2c1ccc(C(C)(C)C)cc1-c1ccc2ccc3cccc4ccc1c2c34. The summed E-state index contributed by atoms with van der Waals surface area (Å²) >= 11 is 0. The molecule has 0 aromatic heterocycles. The lowest BCUT2D eigenvalue weighted by atomic mass is 9.33. The predicted molar refractivity (Wildman–Crippen MR) is 429 cm³/mol. The number of hydrogen-bond acceptors (Lipinski definition) is 3. The fraction of sp³-hybridized carbons (Fsp3) is 0.0833. The maximum atomic E-state index is 2.68. The molecular weight excluding hydrogens is 1210 g/mol. The Morgan fingerprint density at radius 1 is 0.270 bits per heavy atom. The first-order chi connectivity index (χ1) is 48.9. The Morgan fingerprint density at radius 2 is 0.760 bits per heavy atom. The minimum atomic E-state index is -0.201. The fourth-order valence-corrected chi connectivity index (χ4v) is 16.1. The summed E-state index contributed by atoms with van der Waals surface area (Å²) in [7, 11) is 0. The molecule has 0 atom stereocenters. The first-order valence-corrected chi connectivity index (χ1v) is 35.2. The van der Waals surface area contributed by atoms with Crippen LogP contribution >= 0.6 is 0 Å². The van der Waals surface area contributed by atoms with Crippen LogP contribution in [0.25, 0.3) is 99.1 Å². The second-order valence-corrected chi connectivity index (χ2v) is 29.2. The van der Waals surface area contributed by atoms with Gasteiger partial charge >= 0.3 is 0 Å². The van der Waals surface area contributed by atoms with Gasteiger partial charge in [-0.3, -0.25) is 0 Å². The summed E-state index contributed by atoms with van der Waals surface area (Å²) in [6.45, 7) is 13.9. The van der Waals surface area contributed by atoms with Crippen molar-refractivity contribution >= 4 is 107 Å². The lowest BCUT2D eigenvalue weighted by molar-refractivity contribution is 0.590. The number of anilines is 9. The zero-order valence-electron chi connectivity index (χ0n) is 57.3. The second kappa shape index (κ2) is 23.9. The minimum absolute atomic E-state index is 0.155. The van der Waals surface area contributed by atoms with Crippen LogP contribution in [0.4, 0.5) is 51.2 Å². The molecule has 3 nitrogen and oxygen atoms in total. The Hall–Kier alpha value is -12.0. The van der Waals surface area contributed by atoms with E-state index >= 15 is 0 Å². The first-order valence-electron chi connectivity index (χ1n) is 35.2. The third-order valence-corrected chi connectivity index (χ3v) is 21.1. The standard InChI is InChI=1S/C96H74BN3/c1-95(2,3)73-47-55-86(83(60-73)81-52-45-70-42-41-68-33-22-34-69-46-53-82(81)93(70)91(68)69)100-87-56-48-74(96(4,5)6)61-85(87)97-84-54-51-78(98(75-36-20-11-21-37-75)77-38-23-35-71(57-77)64-27-14-8-15-28-64)62-88(84)99(76-49-43-65(44-50-76)63-25-12-7-13-26-63)89-58-72(59-90(100)94(89)97)92-79(66-29-16-9-17-30-66)39-24-40-80(92)67-31-18-10-19-32-67/h7-62H,1-6H3. The summed E-state index contributed by atoms with van der Waals surface area (Å²) in [5, 5.41) is 7.63. The molecule has 0 bridgehead atoms. The highest BCUT2D eigenvalue weighted by molar-refractivity contribution is 7.00. The van der Waals surface area contributed by atoms with Crippen molar-refractivity contribution in [3.63, 3.8) is 0 Å². The van der Waals surface area contributed by atoms with Crippen LogP contribution in [0.2, 0.25) is 0 Å². The Labute approximate surface area is 587 Å². The average Bonchev–Trinajstić information content (AvgIpc) is 0.692. The monoisotopic (exact) mass is 1280 g/mol. The number of nitrogens with zero attached hydrogens (tertiary/aromatic N) is 3. The Morgan fingerprint density at radius 3 is 1.39 bits per heavy atom. The molecule has 100 heavy (non-hydrogen) atoms. The van der Waals surface area contributed by atoms with Gasteiger partial charge in [0.1, 0.15) is 0 Å². The molecule has 0 radical (unpaired) electrons. The van der Waals surface area contributed by atoms with Gasteiger partial charge in [-0.25, -0.2) is 0 Å². The van der Waals surface area contributed by atoms with E-state index in [4.69, 9.17) is 0 Å². The van der Waals surface area contributed by atoms with Gasteiger partial charge in [-0.15, -0.1) is 0 Å². The number of para-hydroxylation sites is 1. The molecule has 2 aliphatic heterocycles. The van der Waals surface area contributed by atoms with Crippen molar-refractivity contribution in [2.75, 3.05) is 14.7 Å². The molecule has 0 unspecified atom stereocenters. The van der Waals surface area contributed by atoms with E-state index in [0.29, 0.717) is 0 Å². The van der Waals surface area contributed by atoms with Gasteiger partial charge in [0.2, 0.25) is 0 Å². The fourth-order valence-electron chi connectivity index (χ4n) is 16.1. The molecular formula is C96H74BN3. The average molecular weight is 1280 g/mol. The van der Waals surface area contributed by atoms with E-state index in [2.05, 4.69) is 396 Å². The quantitative estimate of drug-likeness (QED) is 0.0944. The molecule has 4 heteroatoms. The summed E-state index contributed by atoms with van der Waals surface area (Å²) in [4.78, 5) is 7.74. The van der Waals surface area contributed by atoms with Crippen LogP contribution in [-0.4, -0.2) is 6.71 Å². The molecule has 2 heterocycles. The largest absolute Gasteiger partial charge is 0.311 e. The number of benzene rings is 16. The molecule has 0 N–H and O–H groups in total. The van der Waals surface area contributed by atoms with E-state index in [9.17, 15) is 0 Å². The first kappa shape index (κ1) is 60.4. The van der Waals surface area contributed by atoms with Gasteiger partial charge in [0.15, 0.2) is 0 Å². The molecule has 0 amide bonds. The Kier molecular flexibility index (Phi) is 14.5. The molecule has 0 saturated heterocycles. The zero-order chi connectivity index (χ0) is 67.4. The van der Waals surface area contributed by atoms with E-state index in [-0.39, 0.29) is 17.5 Å². The van der Waals surface area contributed by atoms with Crippen molar-refractivity contribution in [3.8, 4) is 66.8 Å². The molecule has 0 fully saturated rings. The highest BCUT2D eigenvalue weighted by Crippen LogP contribution is 2.53. The van der Waals surface area contributed by atoms with Crippen molar-refractivity contribution in [2.45, 2.75) is 52.4 Å². The van der Waals surface area contributed by atoms with E-state index in [1.54, 1.807) is 0 Å². The van der Waals surface area contributed by atoms with Crippen LogP contribution < -0.4 is 31.1 Å². The van der Waals surface area contributed by atoms with Crippen LogP contribution in [0, 0.1) is 0 Å². The molecule has 16 aromatic carbocycles. The summed E-state index contributed by atoms with van der Waals surface area (Å²) in [5.74, 6) is 0. The number of fused-ring (bicyclic) bond motifs is 4. The van der Waals surface area contributed by atoms with Gasteiger partial charge in [-0.1, -0.05) is 302 Å². The van der Waals surface area contributed by atoms with Crippen LogP contribution in [0.3, 0.4) is 0 Å². The summed E-state index contributed by atoms with van der Waals surface area (Å²) in [6, 6.07) is 128. The third kappa shape index (κ3) is 10.3. The van der Waals surface area contributed by atoms with E-state index in [1.165, 1.54) is 98.8 Å². The van der Waals surface area contributed by atoms with Gasteiger partial charge in [0.05, 0.1) is 5.69 Å². The van der Waals surface area contributed by atoms with Crippen LogP contribution in [0.5, 0.6) is 0 Å². The van der Waals surface area contributed by atoms with Crippen molar-refractivity contribution in [2.24, 2.45) is 0 Å². The van der Waals surface area contributed by atoms with E-state index in [1.807, 2.05) is 0 Å². The molecule has 476 valence electrons. The number of hydrogen-bond donors (Lipinski definition) is 0. The summed E-state index contributed by atoms with van der Waals surface area (Å²) in [6.07, 6.45) is 0. The molecule has 0 spiro atoms. The molecule has 0 aliphatic carbocycles. The lowest BCUT2D eigenvalue weighted by Gasteiger charge is -2.45. The lowest BCUT2D eigenvalue weighted by Crippen LogP contribution is -2.61. The van der Waals surface area contributed by atoms with Gasteiger partial charge in [-0.05, 0) is 211 Å². The predicted octanol–water partition coefficient (Wildman–Crippen LogP) is 24.7. The second-order valence-electron chi connectivity index (χ2n) is 29.2. The van der Waals surface area contributed by atoms with Crippen LogP contribution in [-0.2, 0) is 10.8 Å². The topological polar surface area (TPSA) is 9.72 Å². The normalized spacial score (nSPS) is 12.6. The Balaban J connectivity index is 0.977. The van der Waals surface area contributed by atoms with E-state index in [0.717, 1.165) is 79.0 Å². The number of rotatable bonds is 11. The molecule has 18 rings (SSSR count). The summed E-state index contributed by atoms with van der Waals surface area (Å²) < 4.78 is 0. The van der Waals surface area contributed by atoms with Crippen LogP contribution in [0.1, 0.15) is 52.7 Å². The maximum absolute atomic E-state index is 2.68. The zero-order valence-corrected chi connectivity index (χ0v) is 57.3. The maximum Gasteiger partial charge on any atom is 0.252 e. The van der Waals surface area contributed by atoms with Gasteiger partial charge in [-0.2, -0.15) is 0 Å². The van der Waals surface area contributed by atoms with Crippen molar-refractivity contribution in [1.29, 1.82) is 0 Å². The Bertz CT molecular complexity index is 5720. The van der Waals surface area contributed by atoms with Gasteiger partial charge in [0, 0.05) is 51.1 Å². The molecule has 0 saturated carbocycles. The van der Waals surface area contributed by atoms with Crippen LogP contribution in [0.15, 0.2) is 340 Å². The highest BCUT2D eigenvalue weighted by atomic mass is 15.2. The third-order valence-electron chi connectivity index (χ3n) is 21.1. The summed E-state index contributed by atoms with van der Waals surface area (Å²) in [5.41, 5.74) is 30.0.